The number of aliphatic hydroxyl groups excluding tert-OH is 2. The van der Waals surface area contributed by atoms with E-state index in [0.29, 0.717) is 5.56 Å². The Kier molecular flexibility index (Phi) is 6.36. The Balaban J connectivity index is 1.49. The molecule has 49 heavy (non-hydrogen) atoms. The van der Waals surface area contributed by atoms with Crippen molar-refractivity contribution in [3.63, 3.8) is 0 Å². The van der Waals surface area contributed by atoms with Crippen LogP contribution in [0, 0.1) is 28.1 Å². The van der Waals surface area contributed by atoms with E-state index in [4.69, 9.17) is 32.8 Å². The smallest absolute Gasteiger partial charge is 0.306 e. The molecule has 15 nitrogen and oxygen atoms in total. The average molecular weight is 691 g/mol. The summed E-state index contributed by atoms with van der Waals surface area (Å²) in [7, 11) is 0. The minimum Gasteiger partial charge on any atom is -0.472 e. The van der Waals surface area contributed by atoms with Crippen LogP contribution in [0.4, 0.5) is 0 Å². The summed E-state index contributed by atoms with van der Waals surface area (Å²) >= 11 is 0. The number of cyclic esters (lactones) is 1. The van der Waals surface area contributed by atoms with Crippen LogP contribution in [0.5, 0.6) is 0 Å². The Bertz CT molecular complexity index is 1660. The second-order valence-electron chi connectivity index (χ2n) is 15.8. The van der Waals surface area contributed by atoms with E-state index in [2.05, 4.69) is 0 Å². The molecule has 4 bridgehead atoms. The van der Waals surface area contributed by atoms with E-state index in [9.17, 15) is 39.6 Å². The lowest BCUT2D eigenvalue weighted by atomic mass is 9.32. The maximum atomic E-state index is 13.8. The van der Waals surface area contributed by atoms with E-state index < -0.39 is 117 Å². The highest BCUT2D eigenvalue weighted by molar-refractivity contribution is 5.74. The molecule has 3 aliphatic heterocycles. The van der Waals surface area contributed by atoms with Gasteiger partial charge in [0.05, 0.1) is 24.0 Å². The van der Waals surface area contributed by atoms with Crippen molar-refractivity contribution < 1.29 is 72.4 Å². The molecule has 4 saturated carbocycles. The van der Waals surface area contributed by atoms with Crippen LogP contribution in [-0.2, 0) is 47.6 Å². The maximum Gasteiger partial charge on any atom is 0.306 e. The maximum absolute atomic E-state index is 13.8. The monoisotopic (exact) mass is 690 g/mol. The van der Waals surface area contributed by atoms with Crippen molar-refractivity contribution in [1.29, 1.82) is 0 Å². The average Bonchev–Trinajstić information content (AvgIpc) is 3.82. The minimum absolute atomic E-state index is 0.0111. The van der Waals surface area contributed by atoms with Crippen LogP contribution in [0.15, 0.2) is 23.0 Å². The van der Waals surface area contributed by atoms with E-state index in [0.717, 1.165) is 6.92 Å². The van der Waals surface area contributed by atoms with Crippen LogP contribution in [-0.4, -0.2) is 104 Å². The molecule has 0 amide bonds. The lowest BCUT2D eigenvalue weighted by Gasteiger charge is -2.77. The topological polar surface area (TPSA) is 218 Å². The van der Waals surface area contributed by atoms with Gasteiger partial charge in [-0.15, -0.1) is 0 Å². The van der Waals surface area contributed by atoms with Gasteiger partial charge in [-0.1, -0.05) is 20.8 Å². The summed E-state index contributed by atoms with van der Waals surface area (Å²) in [5, 5.41) is 52.3. The first-order valence-corrected chi connectivity index (χ1v) is 16.7. The van der Waals surface area contributed by atoms with Crippen LogP contribution in [0.2, 0.25) is 0 Å². The molecule has 268 valence electrons. The summed E-state index contributed by atoms with van der Waals surface area (Å²) < 4.78 is 43.0. The molecule has 1 aromatic heterocycles. The van der Waals surface area contributed by atoms with Crippen molar-refractivity contribution in [2.45, 2.75) is 126 Å². The van der Waals surface area contributed by atoms with Gasteiger partial charge in [-0.25, -0.2) is 0 Å². The Morgan fingerprint density at radius 3 is 2.35 bits per heavy atom. The Labute approximate surface area is 281 Å². The Morgan fingerprint density at radius 1 is 1.04 bits per heavy atom. The molecular formula is C34H42O15. The lowest BCUT2D eigenvalue weighted by molar-refractivity contribution is -0.450. The van der Waals surface area contributed by atoms with Gasteiger partial charge in [0.25, 0.3) is 0 Å². The number of carbonyl (C=O) groups is 4. The first-order chi connectivity index (χ1) is 22.8. The highest BCUT2D eigenvalue weighted by Gasteiger charge is 3.04. The van der Waals surface area contributed by atoms with E-state index in [1.165, 1.54) is 26.4 Å². The molecule has 4 N–H and O–H groups in total. The molecule has 4 heterocycles. The van der Waals surface area contributed by atoms with Crippen molar-refractivity contribution >= 4 is 23.9 Å². The van der Waals surface area contributed by atoms with E-state index in [1.807, 2.05) is 0 Å². The van der Waals surface area contributed by atoms with Gasteiger partial charge in [0.15, 0.2) is 11.9 Å². The number of esters is 4. The molecule has 7 aliphatic rings. The summed E-state index contributed by atoms with van der Waals surface area (Å²) in [5.74, 6) is -6.68. The number of fused-ring (bicyclic) bond motifs is 4. The normalized spacial score (nSPS) is 53.3. The van der Waals surface area contributed by atoms with Crippen molar-refractivity contribution in [2.75, 3.05) is 6.61 Å². The first kappa shape index (κ1) is 33.1. The summed E-state index contributed by atoms with van der Waals surface area (Å²) in [6.07, 6.45) is -6.15. The highest BCUT2D eigenvalue weighted by Crippen LogP contribution is 2.87. The third kappa shape index (κ3) is 3.16. The van der Waals surface area contributed by atoms with Crippen LogP contribution in [0.1, 0.15) is 78.9 Å². The minimum atomic E-state index is -2.67. The quantitative estimate of drug-likeness (QED) is 0.237. The molecule has 15 atom stereocenters. The van der Waals surface area contributed by atoms with Gasteiger partial charge in [0.1, 0.15) is 41.7 Å². The zero-order chi connectivity index (χ0) is 35.5. The molecule has 4 aliphatic carbocycles. The standard InChI is InChI=1S/C34H42O15/c1-7-29-11-20-28(6,24(45-15(2)35)18-8-9-43-12-18)22(39)23(40)34(42)30-14-44-21(38)10-19(30)27(5)13-31(30,41)33(47-17(4)37,25(27)46-16(3)36)26(48-29)32(20,34)49-29/h8-9,12,19-20,22-26,39-42H,7,10-11,13-14H2,1-6H3/t19-,20+,22-,23+,24-,25-,26-,27-,28-,29?,30+,31+,32+,33-,34-/m0/s1. The number of hydrogen-bond acceptors (Lipinski definition) is 15. The van der Waals surface area contributed by atoms with Crippen molar-refractivity contribution in [2.24, 2.45) is 28.1 Å². The zero-order valence-electron chi connectivity index (χ0n) is 28.1. The molecule has 3 saturated heterocycles. The van der Waals surface area contributed by atoms with E-state index in [-0.39, 0.29) is 25.7 Å². The summed E-state index contributed by atoms with van der Waals surface area (Å²) in [4.78, 5) is 52.0. The molecule has 7 fully saturated rings. The van der Waals surface area contributed by atoms with Gasteiger partial charge in [-0.2, -0.15) is 0 Å². The van der Waals surface area contributed by atoms with Crippen molar-refractivity contribution in [3.05, 3.63) is 24.2 Å². The van der Waals surface area contributed by atoms with E-state index in [1.54, 1.807) is 26.8 Å². The van der Waals surface area contributed by atoms with Crippen LogP contribution < -0.4 is 0 Å². The fraction of sp³-hybridized carbons (Fsp3) is 0.765. The second kappa shape index (κ2) is 9.42. The van der Waals surface area contributed by atoms with E-state index >= 15 is 0 Å². The van der Waals surface area contributed by atoms with Crippen LogP contribution in [0.3, 0.4) is 0 Å². The predicted molar refractivity (Wildman–Crippen MR) is 157 cm³/mol. The fourth-order valence-electron chi connectivity index (χ4n) is 12.6. The molecule has 1 unspecified atom stereocenters. The van der Waals surface area contributed by atoms with Crippen LogP contribution in [0.25, 0.3) is 0 Å². The molecule has 0 aromatic carbocycles. The largest absolute Gasteiger partial charge is 0.472 e. The summed E-state index contributed by atoms with van der Waals surface area (Å²) in [6, 6.07) is 1.55. The van der Waals surface area contributed by atoms with Gasteiger partial charge in [-0.3, -0.25) is 19.2 Å². The summed E-state index contributed by atoms with van der Waals surface area (Å²) in [5.41, 5.74) is -14.2. The SMILES string of the molecule is CCC12C[C@@H]3[C@](C)([C@@H](OC(C)=O)c4ccoc4)[C@@H](O)[C@@H](O)[C@@]4(O)[C@]3(O1)[C@H](O2)[C@@]1(OC(C)=O)[C@@H](OC(C)=O)[C@@]2(C)C[C@@]1(O)[C@]41COC(=O)C[C@@H]21. The van der Waals surface area contributed by atoms with Gasteiger partial charge < -0.3 is 53.3 Å². The fourth-order valence-corrected chi connectivity index (χ4v) is 12.6. The lowest BCUT2D eigenvalue weighted by Crippen LogP contribution is -2.97. The summed E-state index contributed by atoms with van der Waals surface area (Å²) in [6.45, 7) is 7.87. The van der Waals surface area contributed by atoms with Crippen molar-refractivity contribution in [3.8, 4) is 0 Å². The first-order valence-electron chi connectivity index (χ1n) is 16.7. The zero-order valence-corrected chi connectivity index (χ0v) is 28.1. The number of hydrogen-bond donors (Lipinski definition) is 4. The van der Waals surface area contributed by atoms with Gasteiger partial charge in [-0.05, 0) is 24.8 Å². The van der Waals surface area contributed by atoms with Gasteiger partial charge in [0.2, 0.25) is 5.60 Å². The third-order valence-electron chi connectivity index (χ3n) is 14.0. The molecule has 15 heteroatoms. The number of ether oxygens (including phenoxy) is 6. The highest BCUT2D eigenvalue weighted by atomic mass is 16.8. The van der Waals surface area contributed by atoms with Gasteiger partial charge >= 0.3 is 23.9 Å². The Morgan fingerprint density at radius 2 is 1.76 bits per heavy atom. The Hall–Kier alpha value is -3.08. The predicted octanol–water partition coefficient (Wildman–Crippen LogP) is 0.588. The van der Waals surface area contributed by atoms with Crippen LogP contribution >= 0.6 is 0 Å². The third-order valence-corrected chi connectivity index (χ3v) is 14.0. The van der Waals surface area contributed by atoms with Gasteiger partial charge in [0, 0.05) is 55.9 Å². The molecular weight excluding hydrogens is 648 g/mol. The van der Waals surface area contributed by atoms with Crippen molar-refractivity contribution in [1.82, 2.24) is 0 Å². The number of rotatable bonds is 6. The number of aliphatic hydroxyl groups is 4. The molecule has 0 radical (unpaired) electrons. The molecule has 1 aromatic rings. The molecule has 8 rings (SSSR count). The number of furan rings is 1. The second-order valence-corrected chi connectivity index (χ2v) is 15.8. The number of carbonyl (C=O) groups excluding carboxylic acids is 4. The molecule has 2 spiro atoms.